The fourth-order valence-corrected chi connectivity index (χ4v) is 13.7. The highest BCUT2D eigenvalue weighted by molar-refractivity contribution is 7.96. The van der Waals surface area contributed by atoms with E-state index >= 15 is 0 Å². The Labute approximate surface area is 367 Å². The average Bonchev–Trinajstić information content (AvgIpc) is 3.24. The van der Waals surface area contributed by atoms with Gasteiger partial charge in [-0.15, -0.1) is 0 Å². The van der Waals surface area contributed by atoms with Gasteiger partial charge in [0.15, 0.2) is 14.1 Å². The van der Waals surface area contributed by atoms with Gasteiger partial charge >= 0.3 is 11.9 Å². The van der Waals surface area contributed by atoms with Crippen molar-refractivity contribution < 1.29 is 38.4 Å². The standard InChI is InChI=1S/C48H50ClN2O9PSi/c1-32(60-62(5,6)48(2,3)4)44-41(30-42(52)35-25-24-34(40(49)28-35)29-43(53)59-31-33-22-26-36(27-23-33)51(57)58)50(45(44)54)46(47(55)56)61(37-16-10-7-11-17-37,38-18-12-8-13-19-38)39-20-14-9-15-21-39/h7-28,32,41,44H,29-31H2,1-6H3,(H,55,56)/t32-,41-,44-/m1/s1. The second-order valence-electron chi connectivity index (χ2n) is 16.9. The monoisotopic (exact) mass is 892 g/mol. The van der Waals surface area contributed by atoms with Gasteiger partial charge in [0.25, 0.3) is 5.69 Å². The zero-order chi connectivity index (χ0) is 45.0. The average molecular weight is 893 g/mol. The number of ketones is 1. The summed E-state index contributed by atoms with van der Waals surface area (Å²) in [5.74, 6) is -3.51. The van der Waals surface area contributed by atoms with Gasteiger partial charge in [-0.1, -0.05) is 136 Å². The summed E-state index contributed by atoms with van der Waals surface area (Å²) < 4.78 is 12.2. The second-order valence-corrected chi connectivity index (χ2v) is 25.4. The summed E-state index contributed by atoms with van der Waals surface area (Å²) in [5.41, 5.74) is 1.03. The number of nitro benzene ring substituents is 1. The van der Waals surface area contributed by atoms with Crippen LogP contribution < -0.4 is 15.9 Å². The number of rotatable bonds is 16. The number of nitro groups is 1. The highest BCUT2D eigenvalue weighted by Crippen LogP contribution is 2.50. The van der Waals surface area contributed by atoms with E-state index in [1.807, 2.05) is 97.9 Å². The van der Waals surface area contributed by atoms with Gasteiger partial charge < -0.3 is 19.2 Å². The van der Waals surface area contributed by atoms with E-state index in [1.54, 1.807) is 12.1 Å². The van der Waals surface area contributed by atoms with Crippen molar-refractivity contribution in [3.63, 3.8) is 0 Å². The first-order valence-corrected chi connectivity index (χ1v) is 25.3. The van der Waals surface area contributed by atoms with E-state index in [1.165, 1.54) is 35.2 Å². The predicted octanol–water partition coefficient (Wildman–Crippen LogP) is 8.55. The number of hydrogen-bond acceptors (Lipinski definition) is 8. The largest absolute Gasteiger partial charge is 0.477 e. The van der Waals surface area contributed by atoms with Crippen LogP contribution in [-0.4, -0.2) is 64.4 Å². The molecule has 3 atom stereocenters. The molecule has 6 rings (SSSR count). The number of esters is 1. The maximum atomic E-state index is 14.9. The number of aliphatic carboxylic acids is 1. The third-order valence-electron chi connectivity index (χ3n) is 11.9. The van der Waals surface area contributed by atoms with Gasteiger partial charge in [0.1, 0.15) is 12.0 Å². The lowest BCUT2D eigenvalue weighted by molar-refractivity contribution is -0.384. The van der Waals surface area contributed by atoms with E-state index < -0.39 is 56.0 Å². The van der Waals surface area contributed by atoms with Crippen molar-refractivity contribution in [2.24, 2.45) is 5.92 Å². The van der Waals surface area contributed by atoms with Crippen molar-refractivity contribution in [3.8, 4) is 0 Å². The van der Waals surface area contributed by atoms with Crippen LogP contribution in [0.15, 0.2) is 133 Å². The molecule has 1 saturated heterocycles. The van der Waals surface area contributed by atoms with Crippen molar-refractivity contribution in [1.82, 2.24) is 4.90 Å². The molecule has 5 aromatic carbocycles. The number of carboxylic acid groups (broad SMARTS) is 1. The third kappa shape index (κ3) is 9.39. The van der Waals surface area contributed by atoms with Crippen molar-refractivity contribution in [3.05, 3.63) is 165 Å². The summed E-state index contributed by atoms with van der Waals surface area (Å²) in [6.07, 6.45) is -1.08. The lowest BCUT2D eigenvalue weighted by Gasteiger charge is -2.52. The molecule has 1 aliphatic rings. The topological polar surface area (TPSA) is 153 Å². The Morgan fingerprint density at radius 1 is 0.855 bits per heavy atom. The molecular weight excluding hydrogens is 843 g/mol. The van der Waals surface area contributed by atoms with E-state index in [-0.39, 0.29) is 52.0 Å². The first kappa shape index (κ1) is 45.9. The van der Waals surface area contributed by atoms with Crippen LogP contribution in [0.2, 0.25) is 23.2 Å². The summed E-state index contributed by atoms with van der Waals surface area (Å²) in [4.78, 5) is 68.1. The summed E-state index contributed by atoms with van der Waals surface area (Å²) in [6.45, 7) is 8.88. The van der Waals surface area contributed by atoms with Crippen LogP contribution in [0.1, 0.15) is 55.6 Å². The molecule has 1 fully saturated rings. The molecule has 1 N–H and O–H groups in total. The highest BCUT2D eigenvalue weighted by Gasteiger charge is 2.57. The summed E-state index contributed by atoms with van der Waals surface area (Å²) >= 11 is 6.69. The summed E-state index contributed by atoms with van der Waals surface area (Å²) in [7, 11) is -2.45. The minimum atomic E-state index is -3.33. The lowest BCUT2D eigenvalue weighted by atomic mass is 9.79. The van der Waals surface area contributed by atoms with Crippen molar-refractivity contribution in [2.45, 2.75) is 77.4 Å². The first-order chi connectivity index (χ1) is 29.4. The number of β-lactam (4-membered cyclic amide) rings is 1. The number of Topliss-reactive ketones (excluding diaryl/α,β-unsaturated/α-hetero) is 1. The molecule has 14 heteroatoms. The predicted molar refractivity (Wildman–Crippen MR) is 247 cm³/mol. The number of nitrogens with zero attached hydrogens (tertiary/aromatic N) is 2. The SMILES string of the molecule is C[C@@H](O[Si](C)(C)C(C)(C)C)[C@H]1C(=O)N(C(C(=O)O)=P(c2ccccc2)(c2ccccc2)c2ccccc2)[C@@H]1CC(=O)c1ccc(CC(=O)OCc2ccc([N+](=O)[O-])cc2)c(Cl)c1. The quantitative estimate of drug-likeness (QED) is 0.0195. The zero-order valence-electron chi connectivity index (χ0n) is 35.5. The molecule has 1 heterocycles. The van der Waals surface area contributed by atoms with Crippen molar-refractivity contribution >= 4 is 77.5 Å². The van der Waals surface area contributed by atoms with E-state index in [0.29, 0.717) is 11.1 Å². The van der Waals surface area contributed by atoms with E-state index in [0.717, 1.165) is 15.9 Å². The number of benzene rings is 5. The molecule has 1 amide bonds. The molecular formula is C48H50ClN2O9PSi. The normalized spacial score (nSPS) is 15.9. The minimum absolute atomic E-state index is 0.0794. The number of ether oxygens (including phenoxy) is 1. The van der Waals surface area contributed by atoms with Gasteiger partial charge in [-0.25, -0.2) is 4.79 Å². The molecule has 0 spiro atoms. The van der Waals surface area contributed by atoms with Crippen LogP contribution in [0.4, 0.5) is 5.69 Å². The maximum absolute atomic E-state index is 14.9. The Balaban J connectivity index is 1.40. The minimum Gasteiger partial charge on any atom is -0.477 e. The van der Waals surface area contributed by atoms with Gasteiger partial charge in [0, 0.05) is 36.0 Å². The molecule has 11 nitrogen and oxygen atoms in total. The number of carbonyl (C=O) groups is 4. The van der Waals surface area contributed by atoms with Crippen LogP contribution >= 0.6 is 18.5 Å². The number of amides is 1. The van der Waals surface area contributed by atoms with Crippen LogP contribution in [0.3, 0.4) is 0 Å². The molecule has 0 aliphatic carbocycles. The Hall–Kier alpha value is -5.65. The second kappa shape index (κ2) is 18.8. The molecule has 62 heavy (non-hydrogen) atoms. The van der Waals surface area contributed by atoms with Crippen molar-refractivity contribution in [1.29, 1.82) is 0 Å². The van der Waals surface area contributed by atoms with E-state index in [2.05, 4.69) is 33.9 Å². The van der Waals surface area contributed by atoms with Crippen LogP contribution in [-0.2, 0) is 36.6 Å². The summed E-state index contributed by atoms with van der Waals surface area (Å²) in [6, 6.07) is 37.5. The molecule has 0 bridgehead atoms. The van der Waals surface area contributed by atoms with Crippen LogP contribution in [0, 0.1) is 16.0 Å². The molecule has 0 radical (unpaired) electrons. The molecule has 5 aromatic rings. The highest BCUT2D eigenvalue weighted by atomic mass is 35.5. The molecule has 0 saturated carbocycles. The smallest absolute Gasteiger partial charge is 0.353 e. The molecule has 0 unspecified atom stereocenters. The Morgan fingerprint density at radius 2 is 1.37 bits per heavy atom. The van der Waals surface area contributed by atoms with E-state index in [9.17, 15) is 34.4 Å². The van der Waals surface area contributed by atoms with Crippen LogP contribution in [0.25, 0.3) is 0 Å². The number of halogens is 1. The number of carboxylic acids is 1. The number of carbonyl (C=O) groups excluding carboxylic acids is 3. The lowest BCUT2D eigenvalue weighted by Crippen LogP contribution is -2.69. The van der Waals surface area contributed by atoms with Gasteiger partial charge in [-0.2, -0.15) is 0 Å². The van der Waals surface area contributed by atoms with Crippen LogP contribution in [0.5, 0.6) is 0 Å². The van der Waals surface area contributed by atoms with Gasteiger partial charge in [0.05, 0.1) is 29.4 Å². The number of hydrogen-bond donors (Lipinski definition) is 1. The Bertz CT molecular complexity index is 2430. The van der Waals surface area contributed by atoms with Gasteiger partial charge in [-0.05, 0) is 70.3 Å². The van der Waals surface area contributed by atoms with E-state index in [4.69, 9.17) is 20.8 Å². The molecule has 0 aromatic heterocycles. The molecule has 322 valence electrons. The Morgan fingerprint density at radius 3 is 1.82 bits per heavy atom. The first-order valence-electron chi connectivity index (χ1n) is 20.2. The molecule has 1 aliphatic heterocycles. The summed E-state index contributed by atoms with van der Waals surface area (Å²) in [5, 5.41) is 24.6. The number of non-ortho nitro benzene ring substituents is 1. The fraction of sp³-hybridized carbons (Fsp3) is 0.271. The van der Waals surface area contributed by atoms with Gasteiger partial charge in [0.2, 0.25) is 5.91 Å². The zero-order valence-corrected chi connectivity index (χ0v) is 38.1. The fourth-order valence-electron chi connectivity index (χ4n) is 7.71. The third-order valence-corrected chi connectivity index (χ3v) is 21.1. The number of likely N-dealkylation sites (tertiary alicyclic amines) is 1. The Kier molecular flexibility index (Phi) is 13.9. The maximum Gasteiger partial charge on any atom is 0.353 e. The van der Waals surface area contributed by atoms with Gasteiger partial charge in [-0.3, -0.25) is 24.5 Å². The van der Waals surface area contributed by atoms with Crippen molar-refractivity contribution in [2.75, 3.05) is 0 Å².